The summed E-state index contributed by atoms with van der Waals surface area (Å²) in [5, 5.41) is 8.77. The van der Waals surface area contributed by atoms with E-state index < -0.39 is 32.5 Å². The van der Waals surface area contributed by atoms with Gasteiger partial charge in [-0.3, -0.25) is 14.1 Å². The van der Waals surface area contributed by atoms with E-state index in [0.29, 0.717) is 19.3 Å². The maximum absolute atomic E-state index is 12.4. The van der Waals surface area contributed by atoms with E-state index in [-0.39, 0.29) is 26.1 Å². The highest BCUT2D eigenvalue weighted by atomic mass is 31.2. The molecule has 0 rings (SSSR count). The summed E-state index contributed by atoms with van der Waals surface area (Å²) < 4.78 is 26.3. The van der Waals surface area contributed by atoms with Gasteiger partial charge in [0, 0.05) is 19.4 Å². The highest BCUT2D eigenvalue weighted by Gasteiger charge is 2.22. The van der Waals surface area contributed by atoms with E-state index in [9.17, 15) is 14.2 Å². The Morgan fingerprint density at radius 3 is 1.44 bits per heavy atom. The van der Waals surface area contributed by atoms with Crippen LogP contribution in [-0.4, -0.2) is 52.8 Å². The van der Waals surface area contributed by atoms with E-state index in [2.05, 4.69) is 54.0 Å². The second-order valence-corrected chi connectivity index (χ2v) is 14.9. The third-order valence-corrected chi connectivity index (χ3v) is 9.14. The van der Waals surface area contributed by atoms with Crippen molar-refractivity contribution in [3.8, 4) is 0 Å². The zero-order valence-corrected chi connectivity index (χ0v) is 33.5. The first-order valence-electron chi connectivity index (χ1n) is 20.5. The number of phosphoric acid groups is 1. The molecule has 0 heterocycles. The van der Waals surface area contributed by atoms with Crippen molar-refractivity contribution in [2.24, 2.45) is 0 Å². The van der Waals surface area contributed by atoms with Crippen molar-refractivity contribution >= 4 is 19.8 Å². The third kappa shape index (κ3) is 40.7. The van der Waals surface area contributed by atoms with E-state index in [1.807, 2.05) is 6.08 Å². The van der Waals surface area contributed by atoms with Crippen LogP contribution in [0.15, 0.2) is 48.6 Å². The monoisotopic (exact) mass is 755 g/mol. The van der Waals surface area contributed by atoms with E-state index in [0.717, 1.165) is 64.2 Å². The number of aliphatic hydroxyl groups is 1. The Balaban J connectivity index is 4.01. The number of carbonyl (C=O) groups is 2. The van der Waals surface area contributed by atoms with Crippen molar-refractivity contribution in [2.75, 3.05) is 19.8 Å². The van der Waals surface area contributed by atoms with Crippen molar-refractivity contribution in [3.05, 3.63) is 48.6 Å². The molecule has 0 saturated heterocycles. The van der Waals surface area contributed by atoms with Gasteiger partial charge in [-0.25, -0.2) is 4.57 Å². The fraction of sp³-hybridized carbons (Fsp3) is 0.762. The molecule has 0 aromatic rings. The summed E-state index contributed by atoms with van der Waals surface area (Å²) >= 11 is 0. The molecule has 0 spiro atoms. The third-order valence-electron chi connectivity index (χ3n) is 8.66. The summed E-state index contributed by atoms with van der Waals surface area (Å²) in [5.41, 5.74) is 0. The number of hydrogen-bond donors (Lipinski definition) is 3. The van der Waals surface area contributed by atoms with Gasteiger partial charge in [-0.05, 0) is 57.8 Å². The molecule has 0 aromatic heterocycles. The van der Waals surface area contributed by atoms with Crippen LogP contribution in [0.25, 0.3) is 0 Å². The summed E-state index contributed by atoms with van der Waals surface area (Å²) in [6.45, 7) is 1.66. The lowest BCUT2D eigenvalue weighted by atomic mass is 10.0. The molecule has 302 valence electrons. The SMILES string of the molecule is CCCCCCCCCCCCCCCCCCC(=O)O[C@H](COC(=O)CCC/C=C\C/C=C\C/C=C\C/C=C\CCCCCO)COP(=O)(O)O. The zero-order valence-electron chi connectivity index (χ0n) is 32.6. The molecular formula is C42H75O9P. The van der Waals surface area contributed by atoms with Crippen LogP contribution in [0.3, 0.4) is 0 Å². The van der Waals surface area contributed by atoms with Gasteiger partial charge in [-0.2, -0.15) is 0 Å². The molecule has 0 aliphatic rings. The van der Waals surface area contributed by atoms with Gasteiger partial charge in [0.2, 0.25) is 0 Å². The molecule has 0 aromatic carbocycles. The number of esters is 2. The number of allylic oxidation sites excluding steroid dienone is 8. The number of carbonyl (C=O) groups excluding carboxylic acids is 2. The predicted molar refractivity (Wildman–Crippen MR) is 213 cm³/mol. The number of aliphatic hydroxyl groups excluding tert-OH is 1. The van der Waals surface area contributed by atoms with Crippen molar-refractivity contribution in [2.45, 2.75) is 186 Å². The molecule has 3 N–H and O–H groups in total. The van der Waals surface area contributed by atoms with Gasteiger partial charge in [-0.1, -0.05) is 158 Å². The lowest BCUT2D eigenvalue weighted by Crippen LogP contribution is -2.29. The number of rotatable bonds is 38. The molecule has 0 aliphatic heterocycles. The molecule has 0 bridgehead atoms. The lowest BCUT2D eigenvalue weighted by Gasteiger charge is -2.18. The Hall–Kier alpha value is -2.03. The largest absolute Gasteiger partial charge is 0.469 e. The minimum absolute atomic E-state index is 0.182. The van der Waals surface area contributed by atoms with Crippen LogP contribution in [0.1, 0.15) is 180 Å². The minimum atomic E-state index is -4.77. The van der Waals surface area contributed by atoms with Crippen molar-refractivity contribution < 1.29 is 43.0 Å². The van der Waals surface area contributed by atoms with E-state index in [4.69, 9.17) is 24.4 Å². The van der Waals surface area contributed by atoms with Gasteiger partial charge in [0.05, 0.1) is 6.61 Å². The summed E-state index contributed by atoms with van der Waals surface area (Å²) in [6, 6.07) is 0. The second-order valence-electron chi connectivity index (χ2n) is 13.7. The van der Waals surface area contributed by atoms with E-state index in [1.165, 1.54) is 77.0 Å². The van der Waals surface area contributed by atoms with Gasteiger partial charge >= 0.3 is 19.8 Å². The molecular weight excluding hydrogens is 679 g/mol. The maximum atomic E-state index is 12.4. The molecule has 0 aliphatic carbocycles. The minimum Gasteiger partial charge on any atom is -0.462 e. The van der Waals surface area contributed by atoms with Gasteiger partial charge in [-0.15, -0.1) is 0 Å². The molecule has 0 unspecified atom stereocenters. The molecule has 10 heteroatoms. The van der Waals surface area contributed by atoms with Gasteiger partial charge in [0.1, 0.15) is 6.61 Å². The smallest absolute Gasteiger partial charge is 0.462 e. The van der Waals surface area contributed by atoms with Crippen molar-refractivity contribution in [1.82, 2.24) is 0 Å². The summed E-state index contributed by atoms with van der Waals surface area (Å²) in [7, 11) is -4.77. The Labute approximate surface area is 317 Å². The second kappa shape index (κ2) is 38.7. The average molecular weight is 755 g/mol. The van der Waals surface area contributed by atoms with Gasteiger partial charge < -0.3 is 24.4 Å². The lowest BCUT2D eigenvalue weighted by molar-refractivity contribution is -0.161. The first-order chi connectivity index (χ1) is 25.3. The Morgan fingerprint density at radius 1 is 0.538 bits per heavy atom. The molecule has 0 fully saturated rings. The van der Waals surface area contributed by atoms with Crippen LogP contribution in [0.2, 0.25) is 0 Å². The number of hydrogen-bond acceptors (Lipinski definition) is 7. The average Bonchev–Trinajstić information content (AvgIpc) is 3.11. The molecule has 0 amide bonds. The van der Waals surface area contributed by atoms with E-state index in [1.54, 1.807) is 0 Å². The Bertz CT molecular complexity index is 986. The highest BCUT2D eigenvalue weighted by Crippen LogP contribution is 2.36. The Kier molecular flexibility index (Phi) is 37.2. The maximum Gasteiger partial charge on any atom is 0.469 e. The summed E-state index contributed by atoms with van der Waals surface area (Å²) in [6.07, 6.45) is 44.2. The molecule has 0 radical (unpaired) electrons. The number of ether oxygens (including phenoxy) is 2. The quantitative estimate of drug-likeness (QED) is 0.0243. The number of unbranched alkanes of at least 4 members (excludes halogenated alkanes) is 19. The molecule has 9 nitrogen and oxygen atoms in total. The van der Waals surface area contributed by atoms with Crippen LogP contribution in [0, 0.1) is 0 Å². The molecule has 0 saturated carbocycles. The summed E-state index contributed by atoms with van der Waals surface area (Å²) in [4.78, 5) is 42.8. The molecule has 52 heavy (non-hydrogen) atoms. The molecule has 1 atom stereocenters. The van der Waals surface area contributed by atoms with Crippen LogP contribution >= 0.6 is 7.82 Å². The zero-order chi connectivity index (χ0) is 38.2. The highest BCUT2D eigenvalue weighted by molar-refractivity contribution is 7.46. The van der Waals surface area contributed by atoms with Gasteiger partial charge in [0.25, 0.3) is 0 Å². The van der Waals surface area contributed by atoms with Gasteiger partial charge in [0.15, 0.2) is 6.10 Å². The fourth-order valence-corrected chi connectivity index (χ4v) is 5.94. The fourth-order valence-electron chi connectivity index (χ4n) is 5.58. The number of phosphoric ester groups is 1. The van der Waals surface area contributed by atoms with E-state index >= 15 is 0 Å². The Morgan fingerprint density at radius 2 is 0.962 bits per heavy atom. The first kappa shape index (κ1) is 50.0. The van der Waals surface area contributed by atoms with Crippen LogP contribution in [0.4, 0.5) is 0 Å². The van der Waals surface area contributed by atoms with Crippen molar-refractivity contribution in [3.63, 3.8) is 0 Å². The topological polar surface area (TPSA) is 140 Å². The van der Waals surface area contributed by atoms with Crippen molar-refractivity contribution in [1.29, 1.82) is 0 Å². The summed E-state index contributed by atoms with van der Waals surface area (Å²) in [5.74, 6) is -0.961. The standard InChI is InChI=1S/C42H75O9P/c1-2-3-4-5-6-7-8-9-10-14-18-21-24-27-30-33-36-42(45)51-40(39-50-52(46,47)48)38-49-41(44)35-32-29-26-23-20-17-15-12-11-13-16-19-22-25-28-31-34-37-43/h11,13,15,17,19,22-23,26,40,43H,2-10,12,14,16,18,20-21,24-25,27-39H2,1H3,(H2,46,47,48)/b13-11-,17-15-,22-19-,26-23-/t40-/m1/s1. The van der Waals surface area contributed by atoms with Crippen LogP contribution in [-0.2, 0) is 28.2 Å². The van der Waals surface area contributed by atoms with Crippen LogP contribution < -0.4 is 0 Å². The normalized spacial score (nSPS) is 12.9. The predicted octanol–water partition coefficient (Wildman–Crippen LogP) is 11.3. The van der Waals surface area contributed by atoms with Crippen LogP contribution in [0.5, 0.6) is 0 Å². The first-order valence-corrected chi connectivity index (χ1v) is 22.1.